The van der Waals surface area contributed by atoms with E-state index in [0.717, 1.165) is 6.42 Å². The average Bonchev–Trinajstić information content (AvgIpc) is 2.51. The van der Waals surface area contributed by atoms with Gasteiger partial charge in [0.05, 0.1) is 13.3 Å². The first kappa shape index (κ1) is 19.7. The zero-order chi connectivity index (χ0) is 18.2. The van der Waals surface area contributed by atoms with Crippen molar-refractivity contribution < 1.29 is 27.9 Å². The molecule has 8 heteroatoms. The Balaban J connectivity index is 2.57. The molecule has 0 unspecified atom stereocenters. The molecule has 6 nitrogen and oxygen atoms in total. The standard InChI is InChI=1S/C16H22F2N2O4/c1-5-16(2,3)20-14(21)10-23-19-9-11-6-7-12(24-15(17)18)13(8-11)22-4/h6-9,15H,5,10H2,1-4H3,(H,20,21)/b19-9+. The molecule has 0 saturated heterocycles. The Morgan fingerprint density at radius 3 is 2.67 bits per heavy atom. The third-order valence-corrected chi connectivity index (χ3v) is 3.24. The second-order valence-electron chi connectivity index (χ2n) is 5.58. The highest BCUT2D eigenvalue weighted by molar-refractivity contribution is 5.81. The Morgan fingerprint density at radius 2 is 2.08 bits per heavy atom. The molecule has 0 spiro atoms. The Bertz CT molecular complexity index is 577. The Morgan fingerprint density at radius 1 is 1.38 bits per heavy atom. The molecule has 1 aromatic carbocycles. The number of carbonyl (C=O) groups excluding carboxylic acids is 1. The van der Waals surface area contributed by atoms with Crippen molar-refractivity contribution in [1.29, 1.82) is 0 Å². The van der Waals surface area contributed by atoms with E-state index in [1.54, 1.807) is 0 Å². The van der Waals surface area contributed by atoms with E-state index >= 15 is 0 Å². The largest absolute Gasteiger partial charge is 0.493 e. The minimum atomic E-state index is -2.94. The predicted molar refractivity (Wildman–Crippen MR) is 85.7 cm³/mol. The summed E-state index contributed by atoms with van der Waals surface area (Å²) < 4.78 is 33.8. The van der Waals surface area contributed by atoms with Crippen LogP contribution in [0.2, 0.25) is 0 Å². The zero-order valence-corrected chi connectivity index (χ0v) is 14.1. The van der Waals surface area contributed by atoms with Crippen LogP contribution >= 0.6 is 0 Å². The summed E-state index contributed by atoms with van der Waals surface area (Å²) in [6.07, 6.45) is 2.13. The summed E-state index contributed by atoms with van der Waals surface area (Å²) in [5.74, 6) is -0.217. The van der Waals surface area contributed by atoms with E-state index in [4.69, 9.17) is 9.57 Å². The van der Waals surface area contributed by atoms with Crippen molar-refractivity contribution in [2.75, 3.05) is 13.7 Å². The van der Waals surface area contributed by atoms with Gasteiger partial charge in [-0.25, -0.2) is 0 Å². The van der Waals surface area contributed by atoms with Crippen molar-refractivity contribution in [3.8, 4) is 11.5 Å². The van der Waals surface area contributed by atoms with Crippen molar-refractivity contribution in [2.24, 2.45) is 5.16 Å². The predicted octanol–water partition coefficient (Wildman–Crippen LogP) is 2.95. The van der Waals surface area contributed by atoms with Gasteiger partial charge in [0.2, 0.25) is 0 Å². The van der Waals surface area contributed by atoms with Gasteiger partial charge in [0.1, 0.15) is 0 Å². The number of halogens is 2. The maximum absolute atomic E-state index is 12.2. The fraction of sp³-hybridized carbons (Fsp3) is 0.500. The van der Waals surface area contributed by atoms with Crippen LogP contribution in [-0.4, -0.2) is 38.0 Å². The smallest absolute Gasteiger partial charge is 0.387 e. The van der Waals surface area contributed by atoms with Gasteiger partial charge in [0.25, 0.3) is 5.91 Å². The summed E-state index contributed by atoms with van der Waals surface area (Å²) in [7, 11) is 1.34. The van der Waals surface area contributed by atoms with Gasteiger partial charge < -0.3 is 19.6 Å². The molecular weight excluding hydrogens is 322 g/mol. The first-order valence-corrected chi connectivity index (χ1v) is 7.36. The maximum atomic E-state index is 12.2. The number of ether oxygens (including phenoxy) is 2. The lowest BCUT2D eigenvalue weighted by atomic mass is 10.0. The molecule has 1 amide bonds. The van der Waals surface area contributed by atoms with Gasteiger partial charge >= 0.3 is 6.61 Å². The van der Waals surface area contributed by atoms with Crippen molar-refractivity contribution >= 4 is 12.1 Å². The average molecular weight is 344 g/mol. The van der Waals surface area contributed by atoms with E-state index in [-0.39, 0.29) is 29.6 Å². The Hall–Kier alpha value is -2.38. The van der Waals surface area contributed by atoms with Gasteiger partial charge in [0.15, 0.2) is 18.1 Å². The van der Waals surface area contributed by atoms with Crippen LogP contribution in [0.1, 0.15) is 32.8 Å². The second-order valence-corrected chi connectivity index (χ2v) is 5.58. The molecule has 0 radical (unpaired) electrons. The van der Waals surface area contributed by atoms with Crippen LogP contribution in [0.3, 0.4) is 0 Å². The number of oxime groups is 1. The topological polar surface area (TPSA) is 69.2 Å². The van der Waals surface area contributed by atoms with Crippen LogP contribution in [0.5, 0.6) is 11.5 Å². The fourth-order valence-corrected chi connectivity index (χ4v) is 1.65. The van der Waals surface area contributed by atoms with E-state index < -0.39 is 6.61 Å². The van der Waals surface area contributed by atoms with E-state index in [1.807, 2.05) is 20.8 Å². The van der Waals surface area contributed by atoms with Crippen LogP contribution in [0.4, 0.5) is 8.78 Å². The molecule has 0 aliphatic rings. The minimum absolute atomic E-state index is 0.0771. The van der Waals surface area contributed by atoms with Crippen LogP contribution in [0.15, 0.2) is 23.4 Å². The van der Waals surface area contributed by atoms with Crippen molar-refractivity contribution in [1.82, 2.24) is 5.32 Å². The highest BCUT2D eigenvalue weighted by Crippen LogP contribution is 2.28. The number of hydrogen-bond acceptors (Lipinski definition) is 5. The number of carbonyl (C=O) groups is 1. The molecule has 0 atom stereocenters. The van der Waals surface area contributed by atoms with Crippen LogP contribution < -0.4 is 14.8 Å². The molecule has 0 bridgehead atoms. The number of hydrogen-bond donors (Lipinski definition) is 1. The first-order valence-electron chi connectivity index (χ1n) is 7.36. The molecule has 1 rings (SSSR count). The summed E-state index contributed by atoms with van der Waals surface area (Å²) >= 11 is 0. The molecule has 0 saturated carbocycles. The van der Waals surface area contributed by atoms with Gasteiger partial charge in [-0.05, 0) is 38.5 Å². The number of benzene rings is 1. The lowest BCUT2D eigenvalue weighted by Gasteiger charge is -2.23. The highest BCUT2D eigenvalue weighted by Gasteiger charge is 2.17. The van der Waals surface area contributed by atoms with E-state index in [9.17, 15) is 13.6 Å². The highest BCUT2D eigenvalue weighted by atomic mass is 19.3. The quantitative estimate of drug-likeness (QED) is 0.552. The summed E-state index contributed by atoms with van der Waals surface area (Å²) in [5, 5.41) is 6.48. The molecule has 134 valence electrons. The third-order valence-electron chi connectivity index (χ3n) is 3.24. The van der Waals surface area contributed by atoms with Gasteiger partial charge in [-0.15, -0.1) is 0 Å². The van der Waals surface area contributed by atoms with E-state index in [2.05, 4.69) is 15.2 Å². The molecule has 0 heterocycles. The summed E-state index contributed by atoms with van der Waals surface area (Å²) in [5.41, 5.74) is 0.237. The molecule has 0 fully saturated rings. The van der Waals surface area contributed by atoms with Crippen molar-refractivity contribution in [3.63, 3.8) is 0 Å². The number of amides is 1. The summed E-state index contributed by atoms with van der Waals surface area (Å²) in [6.45, 7) is 2.62. The van der Waals surface area contributed by atoms with Crippen LogP contribution in [0.25, 0.3) is 0 Å². The van der Waals surface area contributed by atoms with E-state index in [0.29, 0.717) is 5.56 Å². The lowest BCUT2D eigenvalue weighted by Crippen LogP contribution is -2.44. The molecule has 0 aliphatic carbocycles. The normalized spacial score (nSPS) is 11.6. The number of rotatable bonds is 9. The Labute approximate surface area is 139 Å². The fourth-order valence-electron chi connectivity index (χ4n) is 1.65. The molecule has 1 aromatic rings. The molecule has 24 heavy (non-hydrogen) atoms. The van der Waals surface area contributed by atoms with Gasteiger partial charge in [-0.2, -0.15) is 8.78 Å². The molecule has 0 aromatic heterocycles. The number of methoxy groups -OCH3 is 1. The lowest BCUT2D eigenvalue weighted by molar-refractivity contribution is -0.127. The van der Waals surface area contributed by atoms with Gasteiger partial charge in [-0.3, -0.25) is 4.79 Å². The van der Waals surface area contributed by atoms with Crippen LogP contribution in [-0.2, 0) is 9.63 Å². The monoisotopic (exact) mass is 344 g/mol. The molecule has 1 N–H and O–H groups in total. The third kappa shape index (κ3) is 6.80. The Kier molecular flexibility index (Phi) is 7.41. The van der Waals surface area contributed by atoms with Crippen molar-refractivity contribution in [2.45, 2.75) is 39.3 Å². The van der Waals surface area contributed by atoms with Gasteiger partial charge in [0, 0.05) is 11.1 Å². The first-order chi connectivity index (χ1) is 11.3. The SMILES string of the molecule is CCC(C)(C)NC(=O)CO/N=C/c1ccc(OC(F)F)c(OC)c1. The number of nitrogens with zero attached hydrogens (tertiary/aromatic N) is 1. The van der Waals surface area contributed by atoms with Crippen LogP contribution in [0, 0.1) is 0 Å². The minimum Gasteiger partial charge on any atom is -0.493 e. The summed E-state index contributed by atoms with van der Waals surface area (Å²) in [6, 6.07) is 4.31. The van der Waals surface area contributed by atoms with Crippen molar-refractivity contribution in [3.05, 3.63) is 23.8 Å². The van der Waals surface area contributed by atoms with Gasteiger partial charge in [-0.1, -0.05) is 12.1 Å². The van der Waals surface area contributed by atoms with E-state index in [1.165, 1.54) is 31.5 Å². The zero-order valence-electron chi connectivity index (χ0n) is 14.1. The number of nitrogens with one attached hydrogen (secondary N) is 1. The molecular formula is C16H22F2N2O4. The number of alkyl halides is 2. The second kappa shape index (κ2) is 9.05. The molecule has 0 aliphatic heterocycles. The summed E-state index contributed by atoms with van der Waals surface area (Å²) in [4.78, 5) is 16.6. The maximum Gasteiger partial charge on any atom is 0.387 e.